The minimum atomic E-state index is -1.10. The van der Waals surface area contributed by atoms with E-state index in [1.165, 1.54) is 18.3 Å². The molecule has 0 aliphatic carbocycles. The first-order valence-electron chi connectivity index (χ1n) is 5.55. The topological polar surface area (TPSA) is 79.3 Å². The minimum absolute atomic E-state index is 0.0671. The molecule has 1 rings (SSSR count). The van der Waals surface area contributed by atoms with Crippen molar-refractivity contribution in [2.24, 2.45) is 0 Å². The highest BCUT2D eigenvalue weighted by Gasteiger charge is 2.09. The Morgan fingerprint density at radius 1 is 1.50 bits per heavy atom. The smallest absolute Gasteiger partial charge is 0.354 e. The Kier molecular flexibility index (Phi) is 5.64. The van der Waals surface area contributed by atoms with Gasteiger partial charge in [0.15, 0.2) is 0 Å². The molecular formula is C12H16N2O3S. The monoisotopic (exact) mass is 268 g/mol. The second-order valence-corrected chi connectivity index (χ2v) is 5.10. The fourth-order valence-corrected chi connectivity index (χ4v) is 1.62. The number of carboxylic acid groups (broad SMARTS) is 1. The number of thioether (sulfide) groups is 1. The zero-order valence-electron chi connectivity index (χ0n) is 10.3. The number of rotatable bonds is 6. The number of carbonyl (C=O) groups excluding carboxylic acids is 1. The molecule has 0 saturated heterocycles. The molecule has 1 heterocycles. The number of carboxylic acids is 1. The largest absolute Gasteiger partial charge is 0.477 e. The van der Waals surface area contributed by atoms with Crippen molar-refractivity contribution in [1.82, 2.24) is 10.3 Å². The van der Waals surface area contributed by atoms with Crippen LogP contribution in [-0.4, -0.2) is 40.0 Å². The van der Waals surface area contributed by atoms with Crippen LogP contribution >= 0.6 is 11.8 Å². The lowest BCUT2D eigenvalue weighted by Crippen LogP contribution is -2.26. The van der Waals surface area contributed by atoms with Crippen LogP contribution in [0.5, 0.6) is 0 Å². The molecule has 0 spiro atoms. The van der Waals surface area contributed by atoms with Crippen LogP contribution in [0.1, 0.15) is 34.2 Å². The lowest BCUT2D eigenvalue weighted by molar-refractivity contribution is 0.0689. The number of pyridine rings is 1. The number of carbonyl (C=O) groups is 2. The maximum atomic E-state index is 11.7. The van der Waals surface area contributed by atoms with Crippen molar-refractivity contribution in [3.8, 4) is 0 Å². The van der Waals surface area contributed by atoms with Crippen molar-refractivity contribution in [3.63, 3.8) is 0 Å². The van der Waals surface area contributed by atoms with Gasteiger partial charge in [-0.25, -0.2) is 9.78 Å². The normalized spacial score (nSPS) is 11.9. The summed E-state index contributed by atoms with van der Waals surface area (Å²) in [6.45, 7) is 2.70. The average Bonchev–Trinajstić information content (AvgIpc) is 2.38. The van der Waals surface area contributed by atoms with Crippen LogP contribution in [0.4, 0.5) is 0 Å². The van der Waals surface area contributed by atoms with E-state index in [9.17, 15) is 9.59 Å². The third-order valence-corrected chi connectivity index (χ3v) is 3.52. The summed E-state index contributed by atoms with van der Waals surface area (Å²) >= 11 is 1.75. The van der Waals surface area contributed by atoms with Gasteiger partial charge in [-0.1, -0.05) is 6.92 Å². The molecule has 0 bridgehead atoms. The molecule has 0 aromatic carbocycles. The van der Waals surface area contributed by atoms with E-state index >= 15 is 0 Å². The molecule has 1 aromatic heterocycles. The summed E-state index contributed by atoms with van der Waals surface area (Å²) in [5.74, 6) is -1.33. The van der Waals surface area contributed by atoms with Crippen LogP contribution in [-0.2, 0) is 0 Å². The molecule has 0 fully saturated rings. The maximum Gasteiger partial charge on any atom is 0.354 e. The molecule has 1 aromatic rings. The van der Waals surface area contributed by atoms with Crippen LogP contribution in [0.2, 0.25) is 0 Å². The van der Waals surface area contributed by atoms with Gasteiger partial charge in [0.25, 0.3) is 5.91 Å². The average molecular weight is 268 g/mol. The van der Waals surface area contributed by atoms with Crippen molar-refractivity contribution in [2.75, 3.05) is 12.8 Å². The Balaban J connectivity index is 2.49. The summed E-state index contributed by atoms with van der Waals surface area (Å²) in [4.78, 5) is 26.0. The predicted molar refractivity (Wildman–Crippen MR) is 71.1 cm³/mol. The summed E-state index contributed by atoms with van der Waals surface area (Å²) in [6, 6.07) is 2.78. The van der Waals surface area contributed by atoms with E-state index in [-0.39, 0.29) is 11.6 Å². The molecule has 18 heavy (non-hydrogen) atoms. The third-order valence-electron chi connectivity index (χ3n) is 2.48. The second-order valence-electron chi connectivity index (χ2n) is 3.83. The van der Waals surface area contributed by atoms with E-state index in [1.807, 2.05) is 6.26 Å². The van der Waals surface area contributed by atoms with Crippen LogP contribution < -0.4 is 5.32 Å². The van der Waals surface area contributed by atoms with Gasteiger partial charge in [-0.2, -0.15) is 11.8 Å². The Morgan fingerprint density at radius 3 is 2.72 bits per heavy atom. The zero-order chi connectivity index (χ0) is 13.5. The van der Waals surface area contributed by atoms with Gasteiger partial charge < -0.3 is 10.4 Å². The number of hydrogen-bond donors (Lipinski definition) is 2. The summed E-state index contributed by atoms with van der Waals surface area (Å²) in [7, 11) is 0. The molecule has 6 heteroatoms. The van der Waals surface area contributed by atoms with E-state index in [1.54, 1.807) is 11.8 Å². The number of aromatic nitrogens is 1. The highest BCUT2D eigenvalue weighted by molar-refractivity contribution is 7.99. The Labute approximate surface area is 110 Å². The lowest BCUT2D eigenvalue weighted by atomic mass is 10.2. The highest BCUT2D eigenvalue weighted by atomic mass is 32.2. The summed E-state index contributed by atoms with van der Waals surface area (Å²) in [5, 5.41) is 11.9. The Morgan fingerprint density at radius 2 is 2.22 bits per heavy atom. The van der Waals surface area contributed by atoms with Crippen molar-refractivity contribution >= 4 is 23.6 Å². The zero-order valence-corrected chi connectivity index (χ0v) is 11.2. The van der Waals surface area contributed by atoms with Gasteiger partial charge in [0, 0.05) is 18.0 Å². The molecule has 5 nitrogen and oxygen atoms in total. The van der Waals surface area contributed by atoms with Crippen molar-refractivity contribution in [3.05, 3.63) is 29.6 Å². The Hall–Kier alpha value is -1.56. The van der Waals surface area contributed by atoms with Crippen LogP contribution in [0, 0.1) is 0 Å². The maximum absolute atomic E-state index is 11.7. The van der Waals surface area contributed by atoms with Gasteiger partial charge in [0.1, 0.15) is 5.69 Å². The van der Waals surface area contributed by atoms with Gasteiger partial charge in [0.05, 0.1) is 5.56 Å². The molecule has 0 radical (unpaired) electrons. The van der Waals surface area contributed by atoms with Crippen LogP contribution in [0.15, 0.2) is 18.3 Å². The minimum Gasteiger partial charge on any atom is -0.477 e. The molecule has 0 aliphatic rings. The SMILES string of the molecule is CSC(C)CCNC(=O)c1ccc(C(=O)O)nc1. The first kappa shape index (κ1) is 14.5. The Bertz CT molecular complexity index is 420. The van der Waals surface area contributed by atoms with Crippen LogP contribution in [0.3, 0.4) is 0 Å². The summed E-state index contributed by atoms with van der Waals surface area (Å²) in [6.07, 6.45) is 4.20. The van der Waals surface area contributed by atoms with Gasteiger partial charge in [-0.05, 0) is 24.8 Å². The van der Waals surface area contributed by atoms with Crippen molar-refractivity contribution in [2.45, 2.75) is 18.6 Å². The third kappa shape index (κ3) is 4.37. The number of hydrogen-bond acceptors (Lipinski definition) is 4. The lowest BCUT2D eigenvalue weighted by Gasteiger charge is -2.09. The number of nitrogens with one attached hydrogen (secondary N) is 1. The van der Waals surface area contributed by atoms with E-state index in [2.05, 4.69) is 17.2 Å². The molecule has 0 aliphatic heterocycles. The molecule has 0 saturated carbocycles. The fourth-order valence-electron chi connectivity index (χ4n) is 1.26. The summed E-state index contributed by atoms with van der Waals surface area (Å²) < 4.78 is 0. The molecule has 1 amide bonds. The summed E-state index contributed by atoms with van der Waals surface area (Å²) in [5.41, 5.74) is 0.305. The molecule has 1 atom stereocenters. The first-order valence-corrected chi connectivity index (χ1v) is 6.83. The number of amides is 1. The highest BCUT2D eigenvalue weighted by Crippen LogP contribution is 2.08. The van der Waals surface area contributed by atoms with Crippen molar-refractivity contribution in [1.29, 1.82) is 0 Å². The standard InChI is InChI=1S/C12H16N2O3S/c1-8(18-2)5-6-13-11(15)9-3-4-10(12(16)17)14-7-9/h3-4,7-8H,5-6H2,1-2H3,(H,13,15)(H,16,17). The van der Waals surface area contributed by atoms with E-state index in [0.29, 0.717) is 17.4 Å². The number of aromatic carboxylic acids is 1. The molecular weight excluding hydrogens is 252 g/mol. The fraction of sp³-hybridized carbons (Fsp3) is 0.417. The number of nitrogens with zero attached hydrogens (tertiary/aromatic N) is 1. The van der Waals surface area contributed by atoms with Crippen LogP contribution in [0.25, 0.3) is 0 Å². The van der Waals surface area contributed by atoms with Gasteiger partial charge in [-0.15, -0.1) is 0 Å². The molecule has 2 N–H and O–H groups in total. The van der Waals surface area contributed by atoms with Crippen molar-refractivity contribution < 1.29 is 14.7 Å². The quantitative estimate of drug-likeness (QED) is 0.820. The predicted octanol–water partition coefficient (Wildman–Crippen LogP) is 1.65. The van der Waals surface area contributed by atoms with E-state index in [0.717, 1.165) is 6.42 Å². The van der Waals surface area contributed by atoms with E-state index in [4.69, 9.17) is 5.11 Å². The second kappa shape index (κ2) is 7.00. The first-order chi connectivity index (χ1) is 8.54. The van der Waals surface area contributed by atoms with Gasteiger partial charge in [0.2, 0.25) is 0 Å². The van der Waals surface area contributed by atoms with E-state index < -0.39 is 5.97 Å². The van der Waals surface area contributed by atoms with Gasteiger partial charge in [-0.3, -0.25) is 4.79 Å². The molecule has 98 valence electrons. The van der Waals surface area contributed by atoms with Gasteiger partial charge >= 0.3 is 5.97 Å². The molecule has 1 unspecified atom stereocenters.